The standard InChI is InChI=1S/C14H19N3O/c1-17-10-14(9-16-17)8-15-7-12-4-3-5-13(6-12)11-18-2/h3-6,9-10,15H,7-8,11H2,1-2H3. The molecule has 0 radical (unpaired) electrons. The molecule has 0 amide bonds. The maximum absolute atomic E-state index is 5.13. The lowest BCUT2D eigenvalue weighted by Gasteiger charge is -2.06. The van der Waals surface area contributed by atoms with Crippen LogP contribution in [0.3, 0.4) is 0 Å². The van der Waals surface area contributed by atoms with Crippen LogP contribution in [0.15, 0.2) is 36.7 Å². The maximum atomic E-state index is 5.13. The summed E-state index contributed by atoms with van der Waals surface area (Å²) in [5, 5.41) is 7.55. The van der Waals surface area contributed by atoms with Crippen LogP contribution in [0.2, 0.25) is 0 Å². The fraction of sp³-hybridized carbons (Fsp3) is 0.357. The molecule has 2 aromatic rings. The van der Waals surface area contributed by atoms with E-state index in [0.717, 1.165) is 13.1 Å². The van der Waals surface area contributed by atoms with Crippen LogP contribution in [0.5, 0.6) is 0 Å². The molecule has 18 heavy (non-hydrogen) atoms. The zero-order valence-electron chi connectivity index (χ0n) is 10.9. The lowest BCUT2D eigenvalue weighted by atomic mass is 10.1. The monoisotopic (exact) mass is 245 g/mol. The molecule has 0 bridgehead atoms. The number of aryl methyl sites for hydroxylation is 1. The Morgan fingerprint density at radius 2 is 2.00 bits per heavy atom. The quantitative estimate of drug-likeness (QED) is 0.844. The summed E-state index contributed by atoms with van der Waals surface area (Å²) in [6.07, 6.45) is 3.91. The maximum Gasteiger partial charge on any atom is 0.0713 e. The van der Waals surface area contributed by atoms with Gasteiger partial charge in [0.2, 0.25) is 0 Å². The van der Waals surface area contributed by atoms with Crippen molar-refractivity contribution in [2.24, 2.45) is 7.05 Å². The third kappa shape index (κ3) is 3.68. The van der Waals surface area contributed by atoms with Crippen LogP contribution in [0.1, 0.15) is 16.7 Å². The van der Waals surface area contributed by atoms with E-state index in [-0.39, 0.29) is 0 Å². The van der Waals surface area contributed by atoms with Gasteiger partial charge in [0.05, 0.1) is 12.8 Å². The molecule has 0 unspecified atom stereocenters. The van der Waals surface area contributed by atoms with Crippen molar-refractivity contribution in [2.75, 3.05) is 7.11 Å². The Bertz CT molecular complexity index is 493. The second kappa shape index (κ2) is 6.33. The van der Waals surface area contributed by atoms with Crippen LogP contribution in [-0.4, -0.2) is 16.9 Å². The summed E-state index contributed by atoms with van der Waals surface area (Å²) in [6.45, 7) is 2.35. The second-order valence-electron chi connectivity index (χ2n) is 4.38. The Labute approximate surface area is 108 Å². The fourth-order valence-electron chi connectivity index (χ4n) is 1.91. The van der Waals surface area contributed by atoms with Gasteiger partial charge in [-0.3, -0.25) is 4.68 Å². The summed E-state index contributed by atoms with van der Waals surface area (Å²) in [4.78, 5) is 0. The zero-order valence-corrected chi connectivity index (χ0v) is 10.9. The van der Waals surface area contributed by atoms with Gasteiger partial charge in [-0.15, -0.1) is 0 Å². The number of hydrogen-bond donors (Lipinski definition) is 1. The molecule has 2 rings (SSSR count). The number of hydrogen-bond acceptors (Lipinski definition) is 3. The molecule has 0 atom stereocenters. The molecule has 1 aromatic heterocycles. The van der Waals surface area contributed by atoms with Gasteiger partial charge in [-0.1, -0.05) is 24.3 Å². The van der Waals surface area contributed by atoms with Crippen molar-refractivity contribution < 1.29 is 4.74 Å². The first kappa shape index (κ1) is 12.8. The number of nitrogens with one attached hydrogen (secondary N) is 1. The Kier molecular flexibility index (Phi) is 4.50. The molecule has 0 aliphatic heterocycles. The van der Waals surface area contributed by atoms with Gasteiger partial charge in [0.15, 0.2) is 0 Å². The average Bonchev–Trinajstić information content (AvgIpc) is 2.76. The largest absolute Gasteiger partial charge is 0.380 e. The second-order valence-corrected chi connectivity index (χ2v) is 4.38. The summed E-state index contributed by atoms with van der Waals surface area (Å²) in [5.74, 6) is 0. The number of nitrogens with zero attached hydrogens (tertiary/aromatic N) is 2. The van der Waals surface area contributed by atoms with Gasteiger partial charge in [0, 0.05) is 39.0 Å². The SMILES string of the molecule is COCc1cccc(CNCc2cnn(C)c2)c1. The molecule has 1 heterocycles. The summed E-state index contributed by atoms with van der Waals surface area (Å²) in [6, 6.07) is 8.43. The Morgan fingerprint density at radius 3 is 2.72 bits per heavy atom. The predicted octanol–water partition coefficient (Wildman–Crippen LogP) is 1.86. The van der Waals surface area contributed by atoms with Gasteiger partial charge in [0.25, 0.3) is 0 Å². The number of methoxy groups -OCH3 is 1. The molecule has 0 fully saturated rings. The fourth-order valence-corrected chi connectivity index (χ4v) is 1.91. The topological polar surface area (TPSA) is 39.1 Å². The van der Waals surface area contributed by atoms with Gasteiger partial charge < -0.3 is 10.1 Å². The van der Waals surface area contributed by atoms with E-state index in [0.29, 0.717) is 6.61 Å². The minimum absolute atomic E-state index is 0.663. The number of aromatic nitrogens is 2. The smallest absolute Gasteiger partial charge is 0.0713 e. The van der Waals surface area contributed by atoms with Gasteiger partial charge in [0.1, 0.15) is 0 Å². The highest BCUT2D eigenvalue weighted by molar-refractivity contribution is 5.23. The molecule has 4 heteroatoms. The zero-order chi connectivity index (χ0) is 12.8. The molecular weight excluding hydrogens is 226 g/mol. The molecule has 96 valence electrons. The van der Waals surface area contributed by atoms with E-state index >= 15 is 0 Å². The van der Waals surface area contributed by atoms with E-state index in [2.05, 4.69) is 34.7 Å². The highest BCUT2D eigenvalue weighted by atomic mass is 16.5. The lowest BCUT2D eigenvalue weighted by Crippen LogP contribution is -2.12. The van der Waals surface area contributed by atoms with E-state index in [1.807, 2.05) is 24.1 Å². The summed E-state index contributed by atoms with van der Waals surface area (Å²) in [7, 11) is 3.64. The van der Waals surface area contributed by atoms with Crippen LogP contribution < -0.4 is 5.32 Å². The third-order valence-electron chi connectivity index (χ3n) is 2.72. The average molecular weight is 245 g/mol. The molecule has 1 N–H and O–H groups in total. The minimum atomic E-state index is 0.663. The Morgan fingerprint density at radius 1 is 1.22 bits per heavy atom. The number of benzene rings is 1. The van der Waals surface area contributed by atoms with Crippen molar-refractivity contribution in [3.8, 4) is 0 Å². The van der Waals surface area contributed by atoms with E-state index < -0.39 is 0 Å². The highest BCUT2D eigenvalue weighted by Gasteiger charge is 1.98. The predicted molar refractivity (Wildman–Crippen MR) is 70.9 cm³/mol. The van der Waals surface area contributed by atoms with Crippen LogP contribution >= 0.6 is 0 Å². The van der Waals surface area contributed by atoms with E-state index in [4.69, 9.17) is 4.74 Å². The number of ether oxygens (including phenoxy) is 1. The molecule has 1 aromatic carbocycles. The summed E-state index contributed by atoms with van der Waals surface area (Å²) in [5.41, 5.74) is 3.68. The summed E-state index contributed by atoms with van der Waals surface area (Å²) < 4.78 is 6.94. The van der Waals surface area contributed by atoms with E-state index in [9.17, 15) is 0 Å². The van der Waals surface area contributed by atoms with Crippen molar-refractivity contribution in [1.29, 1.82) is 0 Å². The first-order chi connectivity index (χ1) is 8.78. The molecule has 0 spiro atoms. The van der Waals surface area contributed by atoms with Crippen LogP contribution in [-0.2, 0) is 31.5 Å². The van der Waals surface area contributed by atoms with Crippen LogP contribution in [0, 0.1) is 0 Å². The van der Waals surface area contributed by atoms with Gasteiger partial charge in [-0.2, -0.15) is 5.10 Å². The molecule has 0 aliphatic rings. The number of rotatable bonds is 6. The van der Waals surface area contributed by atoms with Gasteiger partial charge in [-0.25, -0.2) is 0 Å². The van der Waals surface area contributed by atoms with Crippen LogP contribution in [0.4, 0.5) is 0 Å². The first-order valence-electron chi connectivity index (χ1n) is 6.03. The third-order valence-corrected chi connectivity index (χ3v) is 2.72. The molecular formula is C14H19N3O. The summed E-state index contributed by atoms with van der Waals surface area (Å²) >= 11 is 0. The van der Waals surface area contributed by atoms with Crippen molar-refractivity contribution >= 4 is 0 Å². The van der Waals surface area contributed by atoms with Crippen molar-refractivity contribution in [2.45, 2.75) is 19.7 Å². The highest BCUT2D eigenvalue weighted by Crippen LogP contribution is 2.06. The normalized spacial score (nSPS) is 10.8. The van der Waals surface area contributed by atoms with E-state index in [1.165, 1.54) is 16.7 Å². The van der Waals surface area contributed by atoms with Crippen molar-refractivity contribution in [3.63, 3.8) is 0 Å². The van der Waals surface area contributed by atoms with Crippen molar-refractivity contribution in [1.82, 2.24) is 15.1 Å². The van der Waals surface area contributed by atoms with Gasteiger partial charge in [-0.05, 0) is 11.1 Å². The molecule has 0 saturated heterocycles. The lowest BCUT2D eigenvalue weighted by molar-refractivity contribution is 0.185. The molecule has 0 saturated carbocycles. The Balaban J connectivity index is 1.84. The van der Waals surface area contributed by atoms with Crippen molar-refractivity contribution in [3.05, 3.63) is 53.3 Å². The molecule has 0 aliphatic carbocycles. The van der Waals surface area contributed by atoms with Crippen LogP contribution in [0.25, 0.3) is 0 Å². The van der Waals surface area contributed by atoms with E-state index in [1.54, 1.807) is 7.11 Å². The first-order valence-corrected chi connectivity index (χ1v) is 6.03. The molecule has 4 nitrogen and oxygen atoms in total. The minimum Gasteiger partial charge on any atom is -0.380 e. The Hall–Kier alpha value is -1.65. The van der Waals surface area contributed by atoms with Gasteiger partial charge >= 0.3 is 0 Å².